The third-order valence-electron chi connectivity index (χ3n) is 2.98. The predicted molar refractivity (Wildman–Crippen MR) is 89.0 cm³/mol. The number of methoxy groups -OCH3 is 1. The fraction of sp³-hybridized carbons (Fsp3) is 0.250. The molecule has 0 aliphatic rings. The third kappa shape index (κ3) is 4.11. The lowest BCUT2D eigenvalue weighted by atomic mass is 10.2. The van der Waals surface area contributed by atoms with Crippen LogP contribution in [0.3, 0.4) is 0 Å². The van der Waals surface area contributed by atoms with E-state index in [1.165, 1.54) is 7.11 Å². The van der Waals surface area contributed by atoms with Crippen molar-refractivity contribution in [2.45, 2.75) is 13.3 Å². The zero-order valence-corrected chi connectivity index (χ0v) is 13.3. The zero-order chi connectivity index (χ0) is 15.9. The summed E-state index contributed by atoms with van der Waals surface area (Å²) in [5.41, 5.74) is 1.80. The van der Waals surface area contributed by atoms with E-state index in [2.05, 4.69) is 22.5 Å². The minimum atomic E-state index is -0.290. The van der Waals surface area contributed by atoms with Gasteiger partial charge in [-0.2, -0.15) is 0 Å². The normalized spacial score (nSPS) is 10.1. The molecule has 116 valence electrons. The van der Waals surface area contributed by atoms with Crippen molar-refractivity contribution in [2.75, 3.05) is 24.3 Å². The average Bonchev–Trinajstić information content (AvgIpc) is 2.53. The molecule has 0 saturated heterocycles. The van der Waals surface area contributed by atoms with E-state index in [0.29, 0.717) is 22.2 Å². The number of amides is 1. The molecular formula is C16H18ClN3O2. The number of carbonyl (C=O) groups is 1. The number of hydrogen-bond acceptors (Lipinski definition) is 4. The molecule has 1 aromatic heterocycles. The quantitative estimate of drug-likeness (QED) is 0.849. The van der Waals surface area contributed by atoms with Gasteiger partial charge in [-0.15, -0.1) is 0 Å². The predicted octanol–water partition coefficient (Wildman–Crippen LogP) is 3.82. The summed E-state index contributed by atoms with van der Waals surface area (Å²) in [4.78, 5) is 16.3. The summed E-state index contributed by atoms with van der Waals surface area (Å²) in [7, 11) is 1.54. The first-order valence-corrected chi connectivity index (χ1v) is 7.36. The number of rotatable bonds is 6. The smallest absolute Gasteiger partial charge is 0.274 e. The molecule has 1 heterocycles. The number of ether oxygens (including phenoxy) is 1. The Bertz CT molecular complexity index is 662. The highest BCUT2D eigenvalue weighted by atomic mass is 35.5. The van der Waals surface area contributed by atoms with E-state index in [0.717, 1.165) is 18.7 Å². The SMILES string of the molecule is CCCNc1ccnc(C(=O)Nc2ccc(OC)c(Cl)c2)c1. The molecular weight excluding hydrogens is 302 g/mol. The number of halogens is 1. The molecule has 0 radical (unpaired) electrons. The van der Waals surface area contributed by atoms with E-state index in [1.54, 1.807) is 30.5 Å². The number of carbonyl (C=O) groups excluding carboxylic acids is 1. The van der Waals surface area contributed by atoms with Gasteiger partial charge in [-0.3, -0.25) is 9.78 Å². The average molecular weight is 320 g/mol. The van der Waals surface area contributed by atoms with Crippen LogP contribution >= 0.6 is 11.6 Å². The molecule has 0 unspecified atom stereocenters. The highest BCUT2D eigenvalue weighted by Crippen LogP contribution is 2.27. The van der Waals surface area contributed by atoms with Gasteiger partial charge < -0.3 is 15.4 Å². The molecule has 0 aliphatic heterocycles. The Kier molecular flexibility index (Phi) is 5.61. The molecule has 0 atom stereocenters. The Hall–Kier alpha value is -2.27. The van der Waals surface area contributed by atoms with Gasteiger partial charge >= 0.3 is 0 Å². The highest BCUT2D eigenvalue weighted by molar-refractivity contribution is 6.32. The number of anilines is 2. The van der Waals surface area contributed by atoms with Gasteiger partial charge in [0.05, 0.1) is 12.1 Å². The van der Waals surface area contributed by atoms with Crippen LogP contribution in [0.4, 0.5) is 11.4 Å². The van der Waals surface area contributed by atoms with Crippen LogP contribution in [0.1, 0.15) is 23.8 Å². The largest absolute Gasteiger partial charge is 0.495 e. The Morgan fingerprint density at radius 2 is 2.09 bits per heavy atom. The Balaban J connectivity index is 2.10. The third-order valence-corrected chi connectivity index (χ3v) is 3.28. The van der Waals surface area contributed by atoms with Crippen LogP contribution < -0.4 is 15.4 Å². The Labute approximate surface area is 134 Å². The molecule has 5 nitrogen and oxygen atoms in total. The van der Waals surface area contributed by atoms with Gasteiger partial charge in [0.25, 0.3) is 5.91 Å². The molecule has 0 saturated carbocycles. The van der Waals surface area contributed by atoms with Crippen LogP contribution in [-0.4, -0.2) is 24.5 Å². The van der Waals surface area contributed by atoms with E-state index in [-0.39, 0.29) is 5.91 Å². The van der Waals surface area contributed by atoms with Gasteiger partial charge in [0.15, 0.2) is 0 Å². The van der Waals surface area contributed by atoms with E-state index in [4.69, 9.17) is 16.3 Å². The summed E-state index contributed by atoms with van der Waals surface area (Å²) in [6.45, 7) is 2.92. The second-order valence-corrected chi connectivity index (χ2v) is 5.07. The maximum absolute atomic E-state index is 12.2. The maximum Gasteiger partial charge on any atom is 0.274 e. The fourth-order valence-electron chi connectivity index (χ4n) is 1.87. The van der Waals surface area contributed by atoms with Gasteiger partial charge in [0.2, 0.25) is 0 Å². The van der Waals surface area contributed by atoms with Crippen LogP contribution in [0.5, 0.6) is 5.75 Å². The molecule has 1 amide bonds. The van der Waals surface area contributed by atoms with Crippen LogP contribution in [0, 0.1) is 0 Å². The molecule has 0 bridgehead atoms. The number of nitrogens with zero attached hydrogens (tertiary/aromatic N) is 1. The molecule has 0 fully saturated rings. The van der Waals surface area contributed by atoms with Crippen molar-refractivity contribution in [2.24, 2.45) is 0 Å². The van der Waals surface area contributed by atoms with E-state index in [1.807, 2.05) is 6.07 Å². The van der Waals surface area contributed by atoms with E-state index >= 15 is 0 Å². The first-order chi connectivity index (χ1) is 10.6. The standard InChI is InChI=1S/C16H18ClN3O2/c1-3-7-18-11-6-8-19-14(10-11)16(21)20-12-4-5-15(22-2)13(17)9-12/h4-6,8-10H,3,7H2,1-2H3,(H,18,19)(H,20,21). The van der Waals surface area contributed by atoms with Gasteiger partial charge in [-0.1, -0.05) is 18.5 Å². The molecule has 6 heteroatoms. The highest BCUT2D eigenvalue weighted by Gasteiger charge is 2.10. The minimum absolute atomic E-state index is 0.290. The monoisotopic (exact) mass is 319 g/mol. The van der Waals surface area contributed by atoms with Crippen LogP contribution in [0.15, 0.2) is 36.5 Å². The molecule has 0 aliphatic carbocycles. The second-order valence-electron chi connectivity index (χ2n) is 4.66. The summed E-state index contributed by atoms with van der Waals surface area (Å²) in [6.07, 6.45) is 2.61. The lowest BCUT2D eigenvalue weighted by molar-refractivity contribution is 0.102. The van der Waals surface area contributed by atoms with Crippen molar-refractivity contribution in [1.29, 1.82) is 0 Å². The van der Waals surface area contributed by atoms with Gasteiger partial charge in [0.1, 0.15) is 11.4 Å². The maximum atomic E-state index is 12.2. The summed E-state index contributed by atoms with van der Waals surface area (Å²) < 4.78 is 5.08. The first-order valence-electron chi connectivity index (χ1n) is 6.99. The van der Waals surface area contributed by atoms with Gasteiger partial charge in [0, 0.05) is 24.1 Å². The molecule has 0 spiro atoms. The molecule has 22 heavy (non-hydrogen) atoms. The lowest BCUT2D eigenvalue weighted by Gasteiger charge is -2.09. The summed E-state index contributed by atoms with van der Waals surface area (Å²) in [6, 6.07) is 8.61. The number of nitrogens with one attached hydrogen (secondary N) is 2. The van der Waals surface area contributed by atoms with Gasteiger partial charge in [-0.05, 0) is 36.8 Å². The Morgan fingerprint density at radius 3 is 2.77 bits per heavy atom. The lowest BCUT2D eigenvalue weighted by Crippen LogP contribution is -2.14. The Morgan fingerprint density at radius 1 is 1.27 bits per heavy atom. The minimum Gasteiger partial charge on any atom is -0.495 e. The molecule has 2 N–H and O–H groups in total. The van der Waals surface area contributed by atoms with E-state index in [9.17, 15) is 4.79 Å². The van der Waals surface area contributed by atoms with Crippen LogP contribution in [0.25, 0.3) is 0 Å². The number of hydrogen-bond donors (Lipinski definition) is 2. The van der Waals surface area contributed by atoms with Gasteiger partial charge in [-0.25, -0.2) is 0 Å². The summed E-state index contributed by atoms with van der Waals surface area (Å²) in [5, 5.41) is 6.42. The van der Waals surface area contributed by atoms with Crippen LogP contribution in [0.2, 0.25) is 5.02 Å². The topological polar surface area (TPSA) is 63.2 Å². The molecule has 2 rings (SSSR count). The van der Waals surface area contributed by atoms with Crippen molar-refractivity contribution in [3.05, 3.63) is 47.2 Å². The number of aromatic nitrogens is 1. The van der Waals surface area contributed by atoms with Crippen molar-refractivity contribution < 1.29 is 9.53 Å². The number of benzene rings is 1. The number of pyridine rings is 1. The van der Waals surface area contributed by atoms with Crippen molar-refractivity contribution in [3.63, 3.8) is 0 Å². The summed E-state index contributed by atoms with van der Waals surface area (Å²) >= 11 is 6.04. The van der Waals surface area contributed by atoms with Crippen molar-refractivity contribution >= 4 is 28.9 Å². The van der Waals surface area contributed by atoms with Crippen LogP contribution in [-0.2, 0) is 0 Å². The fourth-order valence-corrected chi connectivity index (χ4v) is 2.13. The second kappa shape index (κ2) is 7.66. The summed E-state index contributed by atoms with van der Waals surface area (Å²) in [5.74, 6) is 0.268. The van der Waals surface area contributed by atoms with Crippen molar-refractivity contribution in [3.8, 4) is 5.75 Å². The molecule has 1 aromatic carbocycles. The zero-order valence-electron chi connectivity index (χ0n) is 12.5. The molecule has 2 aromatic rings. The first kappa shape index (κ1) is 16.1. The van der Waals surface area contributed by atoms with Crippen molar-refractivity contribution in [1.82, 2.24) is 4.98 Å². The van der Waals surface area contributed by atoms with E-state index < -0.39 is 0 Å².